The summed E-state index contributed by atoms with van der Waals surface area (Å²) in [5.41, 5.74) is 1.94. The maximum Gasteiger partial charge on any atom is 0.301 e. The van der Waals surface area contributed by atoms with E-state index in [0.717, 1.165) is 12.1 Å². The molecule has 0 spiro atoms. The molecule has 13 heteroatoms. The molecular formula is C16H22N4O9. The molecule has 29 heavy (non-hydrogen) atoms. The van der Waals surface area contributed by atoms with Crippen molar-refractivity contribution in [1.29, 1.82) is 0 Å². The summed E-state index contributed by atoms with van der Waals surface area (Å²) in [7, 11) is 5.79. The van der Waals surface area contributed by atoms with Crippen LogP contribution in [0.4, 0.5) is 17.1 Å². The quantitative estimate of drug-likeness (QED) is 0.461. The van der Waals surface area contributed by atoms with Crippen molar-refractivity contribution in [2.24, 2.45) is 5.10 Å². The number of nitro benzene ring substituents is 2. The van der Waals surface area contributed by atoms with E-state index < -0.39 is 45.8 Å². The third kappa shape index (κ3) is 5.02. The number of rotatable bonds is 9. The normalized spacial score (nSPS) is 25.7. The highest BCUT2D eigenvalue weighted by molar-refractivity contribution is 5.95. The van der Waals surface area contributed by atoms with Crippen molar-refractivity contribution >= 4 is 22.8 Å². The van der Waals surface area contributed by atoms with Crippen LogP contribution in [0, 0.1) is 20.2 Å². The third-order valence-electron chi connectivity index (χ3n) is 4.24. The monoisotopic (exact) mass is 414 g/mol. The van der Waals surface area contributed by atoms with Crippen LogP contribution in [0.2, 0.25) is 0 Å². The van der Waals surface area contributed by atoms with E-state index in [1.54, 1.807) is 0 Å². The van der Waals surface area contributed by atoms with Gasteiger partial charge in [0.1, 0.15) is 23.6 Å². The van der Waals surface area contributed by atoms with Gasteiger partial charge in [0.05, 0.1) is 22.5 Å². The van der Waals surface area contributed by atoms with Crippen molar-refractivity contribution in [1.82, 2.24) is 0 Å². The maximum absolute atomic E-state index is 11.3. The van der Waals surface area contributed by atoms with Crippen molar-refractivity contribution in [3.05, 3.63) is 38.4 Å². The molecule has 0 aromatic heterocycles. The summed E-state index contributed by atoms with van der Waals surface area (Å²) in [6.07, 6.45) is -2.87. The van der Waals surface area contributed by atoms with Crippen molar-refractivity contribution < 1.29 is 33.5 Å². The van der Waals surface area contributed by atoms with Crippen LogP contribution in [0.15, 0.2) is 23.3 Å². The molecule has 4 atom stereocenters. The minimum atomic E-state index is -0.820. The molecule has 1 saturated heterocycles. The molecule has 0 aliphatic carbocycles. The molecule has 1 aliphatic rings. The molecule has 0 amide bonds. The minimum absolute atomic E-state index is 0.0402. The SMILES string of the molecule is COC[C@H]1O[C@@H](OC)[C@H](OC)/C(=N\Nc2ccc([N+](=O)[O-])cc2[N+](=O)[O-])[C@@H]1OC. The number of hydrazone groups is 1. The van der Waals surface area contributed by atoms with Gasteiger partial charge in [0.25, 0.3) is 5.69 Å². The highest BCUT2D eigenvalue weighted by Gasteiger charge is 2.44. The van der Waals surface area contributed by atoms with Gasteiger partial charge >= 0.3 is 5.69 Å². The molecule has 0 unspecified atom stereocenters. The highest BCUT2D eigenvalue weighted by Crippen LogP contribution is 2.30. The van der Waals surface area contributed by atoms with E-state index in [-0.39, 0.29) is 12.3 Å². The number of non-ortho nitro benzene ring substituents is 1. The average Bonchev–Trinajstić information content (AvgIpc) is 2.71. The van der Waals surface area contributed by atoms with Crippen molar-refractivity contribution in [2.45, 2.75) is 24.6 Å². The zero-order chi connectivity index (χ0) is 21.6. The molecule has 1 N–H and O–H groups in total. The fourth-order valence-electron chi connectivity index (χ4n) is 2.91. The summed E-state index contributed by atoms with van der Waals surface area (Å²) in [4.78, 5) is 20.7. The first kappa shape index (κ1) is 22.6. The van der Waals surface area contributed by atoms with Gasteiger partial charge < -0.3 is 23.7 Å². The van der Waals surface area contributed by atoms with Crippen molar-refractivity contribution in [3.8, 4) is 0 Å². The molecular weight excluding hydrogens is 392 g/mol. The number of methoxy groups -OCH3 is 4. The fraction of sp³-hybridized carbons (Fsp3) is 0.562. The first-order valence-corrected chi connectivity index (χ1v) is 8.37. The summed E-state index contributed by atoms with van der Waals surface area (Å²) in [6, 6.07) is 3.18. The standard InChI is InChI=1S/C16H22N4O9/c1-25-8-12-14(26-2)13(15(27-3)16(28-4)29-12)18-17-10-6-5-9(19(21)22)7-11(10)20(23)24/h5-7,12,14-17H,8H2,1-4H3/b18-13-/t12-,14-,15-,16-/m1/s1. The van der Waals surface area contributed by atoms with E-state index in [0.29, 0.717) is 5.71 Å². The Labute approximate surface area is 165 Å². The summed E-state index contributed by atoms with van der Waals surface area (Å²) in [5.74, 6) is 0. The Hall–Kier alpha value is -2.71. The first-order valence-electron chi connectivity index (χ1n) is 8.37. The van der Waals surface area contributed by atoms with Gasteiger partial charge in [-0.25, -0.2) is 0 Å². The number of nitro groups is 2. The second kappa shape index (κ2) is 10.2. The molecule has 0 bridgehead atoms. The summed E-state index contributed by atoms with van der Waals surface area (Å²) < 4.78 is 27.1. The Kier molecular flexibility index (Phi) is 7.92. The highest BCUT2D eigenvalue weighted by atomic mass is 16.7. The van der Waals surface area contributed by atoms with E-state index in [2.05, 4.69) is 10.5 Å². The number of anilines is 1. The van der Waals surface area contributed by atoms with Gasteiger partial charge in [-0.1, -0.05) is 0 Å². The van der Waals surface area contributed by atoms with Gasteiger partial charge in [0, 0.05) is 34.5 Å². The number of nitrogens with one attached hydrogen (secondary N) is 1. The number of nitrogens with zero attached hydrogens (tertiary/aromatic N) is 3. The second-order valence-electron chi connectivity index (χ2n) is 5.91. The van der Waals surface area contributed by atoms with E-state index in [9.17, 15) is 20.2 Å². The van der Waals surface area contributed by atoms with Crippen LogP contribution in [-0.2, 0) is 23.7 Å². The van der Waals surface area contributed by atoms with Crippen LogP contribution in [0.1, 0.15) is 0 Å². The lowest BCUT2D eigenvalue weighted by atomic mass is 9.99. The smallest absolute Gasteiger partial charge is 0.301 e. The van der Waals surface area contributed by atoms with Crippen LogP contribution in [0.25, 0.3) is 0 Å². The van der Waals surface area contributed by atoms with E-state index in [1.165, 1.54) is 34.5 Å². The Morgan fingerprint density at radius 3 is 2.28 bits per heavy atom. The molecule has 1 aromatic rings. The van der Waals surface area contributed by atoms with Crippen molar-refractivity contribution in [2.75, 3.05) is 40.5 Å². The minimum Gasteiger partial charge on any atom is -0.382 e. The van der Waals surface area contributed by atoms with E-state index in [4.69, 9.17) is 23.7 Å². The van der Waals surface area contributed by atoms with Gasteiger partial charge in [0.2, 0.25) is 0 Å². The molecule has 160 valence electrons. The molecule has 1 aromatic carbocycles. The van der Waals surface area contributed by atoms with Gasteiger partial charge in [-0.15, -0.1) is 0 Å². The van der Waals surface area contributed by atoms with Gasteiger partial charge in [0.15, 0.2) is 12.4 Å². The fourth-order valence-corrected chi connectivity index (χ4v) is 2.91. The average molecular weight is 414 g/mol. The number of ether oxygens (including phenoxy) is 5. The lowest BCUT2D eigenvalue weighted by Gasteiger charge is -2.40. The first-order chi connectivity index (χ1) is 13.9. The molecule has 1 heterocycles. The number of benzene rings is 1. The van der Waals surface area contributed by atoms with Crippen molar-refractivity contribution in [3.63, 3.8) is 0 Å². The lowest BCUT2D eigenvalue weighted by molar-refractivity contribution is -0.393. The van der Waals surface area contributed by atoms with Crippen LogP contribution in [0.5, 0.6) is 0 Å². The Morgan fingerprint density at radius 2 is 1.76 bits per heavy atom. The molecule has 2 rings (SSSR count). The predicted molar refractivity (Wildman–Crippen MR) is 99.9 cm³/mol. The Bertz CT molecular complexity index is 773. The summed E-state index contributed by atoms with van der Waals surface area (Å²) in [5, 5.41) is 26.4. The summed E-state index contributed by atoms with van der Waals surface area (Å²) >= 11 is 0. The molecule has 1 fully saturated rings. The van der Waals surface area contributed by atoms with Crippen LogP contribution in [0.3, 0.4) is 0 Å². The molecule has 0 saturated carbocycles. The maximum atomic E-state index is 11.3. The number of hydrogen-bond acceptors (Lipinski definition) is 11. The predicted octanol–water partition coefficient (Wildman–Crippen LogP) is 1.32. The largest absolute Gasteiger partial charge is 0.382 e. The zero-order valence-corrected chi connectivity index (χ0v) is 16.3. The summed E-state index contributed by atoms with van der Waals surface area (Å²) in [6.45, 7) is 0.172. The molecule has 0 radical (unpaired) electrons. The van der Waals surface area contributed by atoms with Crippen LogP contribution >= 0.6 is 0 Å². The van der Waals surface area contributed by atoms with E-state index in [1.807, 2.05) is 0 Å². The molecule has 13 nitrogen and oxygen atoms in total. The van der Waals surface area contributed by atoms with Crippen LogP contribution in [-0.4, -0.2) is 75.2 Å². The third-order valence-corrected chi connectivity index (χ3v) is 4.24. The van der Waals surface area contributed by atoms with E-state index >= 15 is 0 Å². The number of hydrogen-bond donors (Lipinski definition) is 1. The topological polar surface area (TPSA) is 157 Å². The Balaban J connectivity index is 2.43. The van der Waals surface area contributed by atoms with Gasteiger partial charge in [-0.3, -0.25) is 25.7 Å². The Morgan fingerprint density at radius 1 is 1.07 bits per heavy atom. The van der Waals surface area contributed by atoms with Crippen LogP contribution < -0.4 is 5.43 Å². The van der Waals surface area contributed by atoms with Gasteiger partial charge in [-0.05, 0) is 6.07 Å². The lowest BCUT2D eigenvalue weighted by Crippen LogP contribution is -2.58. The molecule has 1 aliphatic heterocycles. The zero-order valence-electron chi connectivity index (χ0n) is 16.3. The second-order valence-corrected chi connectivity index (χ2v) is 5.91. The van der Waals surface area contributed by atoms with Gasteiger partial charge in [-0.2, -0.15) is 5.10 Å².